The lowest BCUT2D eigenvalue weighted by Gasteiger charge is -2.14. The van der Waals surface area contributed by atoms with Gasteiger partial charge in [-0.3, -0.25) is 14.2 Å². The Labute approximate surface area is 235 Å². The summed E-state index contributed by atoms with van der Waals surface area (Å²) in [5, 5.41) is 3.69. The third-order valence-electron chi connectivity index (χ3n) is 6.41. The molecule has 5 rings (SSSR count). The first kappa shape index (κ1) is 26.6. The molecule has 2 aromatic heterocycles. The maximum absolute atomic E-state index is 14.0. The molecule has 0 aliphatic rings. The van der Waals surface area contributed by atoms with E-state index in [0.29, 0.717) is 38.3 Å². The second-order valence-electron chi connectivity index (χ2n) is 8.96. The summed E-state index contributed by atoms with van der Waals surface area (Å²) in [4.78, 5) is 31.8. The normalized spacial score (nSPS) is 11.1. The van der Waals surface area contributed by atoms with Crippen LogP contribution in [0.3, 0.4) is 0 Å². The molecule has 0 radical (unpaired) electrons. The highest BCUT2D eigenvalue weighted by molar-refractivity contribution is 7.99. The average Bonchev–Trinajstić information content (AvgIpc) is 3.29. The predicted molar refractivity (Wildman–Crippen MR) is 158 cm³/mol. The van der Waals surface area contributed by atoms with Crippen LogP contribution in [0.25, 0.3) is 27.8 Å². The number of nitrogens with one attached hydrogen (secondary N) is 1. The van der Waals surface area contributed by atoms with Crippen molar-refractivity contribution in [3.63, 3.8) is 0 Å². The van der Waals surface area contributed by atoms with Crippen LogP contribution in [0.4, 0.5) is 5.69 Å². The summed E-state index contributed by atoms with van der Waals surface area (Å²) < 4.78 is 8.58. The molecule has 0 bridgehead atoms. The smallest absolute Gasteiger partial charge is 0.283 e. The number of amides is 1. The molecule has 0 unspecified atom stereocenters. The second kappa shape index (κ2) is 11.4. The molecular formula is C30H27ClN4O3S. The fraction of sp³-hybridized carbons (Fsp3) is 0.167. The van der Waals surface area contributed by atoms with Crippen molar-refractivity contribution in [2.24, 2.45) is 7.05 Å². The highest BCUT2D eigenvalue weighted by Gasteiger charge is 2.20. The quantitative estimate of drug-likeness (QED) is 0.177. The minimum Gasteiger partial charge on any atom is -0.495 e. The van der Waals surface area contributed by atoms with Crippen LogP contribution in [0, 0.1) is 0 Å². The van der Waals surface area contributed by atoms with Crippen LogP contribution in [-0.2, 0) is 18.3 Å². The first-order valence-corrected chi connectivity index (χ1v) is 13.8. The molecule has 0 aliphatic carbocycles. The second-order valence-corrected chi connectivity index (χ2v) is 10.3. The van der Waals surface area contributed by atoms with Gasteiger partial charge in [0.2, 0.25) is 5.91 Å². The lowest BCUT2D eigenvalue weighted by Crippen LogP contribution is -2.24. The first-order chi connectivity index (χ1) is 18.9. The van der Waals surface area contributed by atoms with Crippen molar-refractivity contribution in [3.05, 3.63) is 99.9 Å². The number of hydrogen-bond donors (Lipinski definition) is 1. The molecule has 9 heteroatoms. The maximum atomic E-state index is 14.0. The maximum Gasteiger partial charge on any atom is 0.283 e. The number of carbonyl (C=O) groups is 1. The summed E-state index contributed by atoms with van der Waals surface area (Å²) in [6.45, 7) is 2.08. The van der Waals surface area contributed by atoms with Crippen molar-refractivity contribution < 1.29 is 9.53 Å². The van der Waals surface area contributed by atoms with Gasteiger partial charge in [0.25, 0.3) is 5.56 Å². The molecule has 0 atom stereocenters. The number of nitrogens with zero attached hydrogens (tertiary/aromatic N) is 3. The molecule has 0 fully saturated rings. The van der Waals surface area contributed by atoms with Crippen molar-refractivity contribution in [3.8, 4) is 22.6 Å². The number of ether oxygens (including phenoxy) is 1. The molecule has 3 aromatic carbocycles. The summed E-state index contributed by atoms with van der Waals surface area (Å²) in [5.74, 6) is 0.318. The van der Waals surface area contributed by atoms with Gasteiger partial charge in [0.05, 0.1) is 23.6 Å². The lowest BCUT2D eigenvalue weighted by atomic mass is 10.1. The molecule has 5 aromatic rings. The molecular weight excluding hydrogens is 532 g/mol. The van der Waals surface area contributed by atoms with Gasteiger partial charge in [0, 0.05) is 24.5 Å². The van der Waals surface area contributed by atoms with Gasteiger partial charge in [-0.05, 0) is 47.9 Å². The number of aromatic nitrogens is 3. The standard InChI is InChI=1S/C30H27ClN4O3S/c1-4-19-10-13-22(14-11-19)35-29(37)28-27(23(17-34(28)2)20-8-6-5-7-9-20)33-30(35)39-18-26(36)32-21-12-15-25(38-3)24(31)16-21/h5-17H,4,18H2,1-3H3,(H,32,36). The van der Waals surface area contributed by atoms with Gasteiger partial charge < -0.3 is 14.6 Å². The predicted octanol–water partition coefficient (Wildman–Crippen LogP) is 6.35. The average molecular weight is 559 g/mol. The van der Waals surface area contributed by atoms with Gasteiger partial charge in [0.1, 0.15) is 16.8 Å². The molecule has 0 saturated carbocycles. The number of rotatable bonds is 8. The number of halogens is 1. The largest absolute Gasteiger partial charge is 0.495 e. The number of carbonyl (C=O) groups excluding carboxylic acids is 1. The van der Waals surface area contributed by atoms with Crippen LogP contribution in [0.2, 0.25) is 5.02 Å². The topological polar surface area (TPSA) is 78.2 Å². The lowest BCUT2D eigenvalue weighted by molar-refractivity contribution is -0.113. The van der Waals surface area contributed by atoms with Crippen molar-refractivity contribution in [1.29, 1.82) is 0 Å². The molecule has 7 nitrogen and oxygen atoms in total. The summed E-state index contributed by atoms with van der Waals surface area (Å²) in [5.41, 5.74) is 5.13. The highest BCUT2D eigenvalue weighted by atomic mass is 35.5. The van der Waals surface area contributed by atoms with E-state index in [-0.39, 0.29) is 17.2 Å². The molecule has 2 heterocycles. The molecule has 0 saturated heterocycles. The summed E-state index contributed by atoms with van der Waals surface area (Å²) >= 11 is 7.41. The van der Waals surface area contributed by atoms with E-state index in [9.17, 15) is 9.59 Å². The third kappa shape index (κ3) is 5.44. The molecule has 0 aliphatic heterocycles. The molecule has 39 heavy (non-hydrogen) atoms. The highest BCUT2D eigenvalue weighted by Crippen LogP contribution is 2.31. The Morgan fingerprint density at radius 3 is 2.49 bits per heavy atom. The van der Waals surface area contributed by atoms with Crippen LogP contribution in [-0.4, -0.2) is 32.9 Å². The van der Waals surface area contributed by atoms with Crippen LogP contribution < -0.4 is 15.6 Å². The summed E-state index contributed by atoms with van der Waals surface area (Å²) in [6.07, 6.45) is 2.81. The van der Waals surface area contributed by atoms with Gasteiger partial charge in [-0.25, -0.2) is 4.98 Å². The van der Waals surface area contributed by atoms with E-state index in [1.165, 1.54) is 18.9 Å². The van der Waals surface area contributed by atoms with Crippen LogP contribution >= 0.6 is 23.4 Å². The Kier molecular flexibility index (Phi) is 7.77. The van der Waals surface area contributed by atoms with E-state index >= 15 is 0 Å². The van der Waals surface area contributed by atoms with E-state index in [4.69, 9.17) is 21.3 Å². The van der Waals surface area contributed by atoms with Gasteiger partial charge in [-0.2, -0.15) is 0 Å². The minimum absolute atomic E-state index is 0.0438. The molecule has 198 valence electrons. The third-order valence-corrected chi connectivity index (χ3v) is 7.65. The van der Waals surface area contributed by atoms with Gasteiger partial charge in [0.15, 0.2) is 5.16 Å². The van der Waals surface area contributed by atoms with Crippen LogP contribution in [0.1, 0.15) is 12.5 Å². The van der Waals surface area contributed by atoms with E-state index in [2.05, 4.69) is 12.2 Å². The van der Waals surface area contributed by atoms with Gasteiger partial charge >= 0.3 is 0 Å². The molecule has 1 N–H and O–H groups in total. The van der Waals surface area contributed by atoms with Crippen LogP contribution in [0.5, 0.6) is 5.75 Å². The SMILES string of the molecule is CCc1ccc(-n2c(SCC(=O)Nc3ccc(OC)c(Cl)c3)nc3c(-c4ccccc4)cn(C)c3c2=O)cc1. The number of benzene rings is 3. The Bertz CT molecular complexity index is 1710. The Balaban J connectivity index is 1.55. The van der Waals surface area contributed by atoms with Gasteiger partial charge in [-0.15, -0.1) is 0 Å². The zero-order valence-corrected chi connectivity index (χ0v) is 23.3. The number of fused-ring (bicyclic) bond motifs is 1. The van der Waals surface area contributed by atoms with Crippen molar-refractivity contribution >= 4 is 46.0 Å². The van der Waals surface area contributed by atoms with E-state index in [0.717, 1.165) is 23.1 Å². The zero-order valence-electron chi connectivity index (χ0n) is 21.8. The van der Waals surface area contributed by atoms with Crippen molar-refractivity contribution in [1.82, 2.24) is 14.1 Å². The van der Waals surface area contributed by atoms with Gasteiger partial charge in [-0.1, -0.05) is 72.8 Å². The summed E-state index contributed by atoms with van der Waals surface area (Å²) in [6, 6.07) is 22.7. The minimum atomic E-state index is -0.250. The number of aryl methyl sites for hydroxylation is 2. The van der Waals surface area contributed by atoms with E-state index in [1.54, 1.807) is 22.8 Å². The van der Waals surface area contributed by atoms with Crippen molar-refractivity contribution in [2.75, 3.05) is 18.2 Å². The van der Waals surface area contributed by atoms with Crippen LogP contribution in [0.15, 0.2) is 88.9 Å². The number of anilines is 1. The zero-order chi connectivity index (χ0) is 27.5. The molecule has 0 spiro atoms. The Hall–Kier alpha value is -4.01. The van der Waals surface area contributed by atoms with E-state index in [1.807, 2.05) is 72.4 Å². The monoisotopic (exact) mass is 558 g/mol. The first-order valence-electron chi connectivity index (χ1n) is 12.4. The number of hydrogen-bond acceptors (Lipinski definition) is 5. The molecule has 1 amide bonds. The Morgan fingerprint density at radius 1 is 1.08 bits per heavy atom. The fourth-order valence-corrected chi connectivity index (χ4v) is 5.49. The fourth-order valence-electron chi connectivity index (χ4n) is 4.42. The number of thioether (sulfide) groups is 1. The van der Waals surface area contributed by atoms with E-state index < -0.39 is 0 Å². The van der Waals surface area contributed by atoms with Crippen molar-refractivity contribution in [2.45, 2.75) is 18.5 Å². The number of methoxy groups -OCH3 is 1. The Morgan fingerprint density at radius 2 is 1.82 bits per heavy atom. The summed E-state index contributed by atoms with van der Waals surface area (Å²) in [7, 11) is 3.38.